The van der Waals surface area contributed by atoms with Crippen molar-refractivity contribution in [2.75, 3.05) is 13.1 Å². The van der Waals surface area contributed by atoms with E-state index in [9.17, 15) is 9.18 Å². The highest BCUT2D eigenvalue weighted by molar-refractivity contribution is 5.74. The fraction of sp³-hybridized carbons (Fsp3) is 0.562. The highest BCUT2D eigenvalue weighted by Gasteiger charge is 2.38. The molecule has 0 aliphatic heterocycles. The first kappa shape index (κ1) is 15.8. The summed E-state index contributed by atoms with van der Waals surface area (Å²) in [6.07, 6.45) is 3.26. The largest absolute Gasteiger partial charge is 0.393 e. The topological polar surface area (TPSA) is 61.4 Å². The average molecular weight is 294 g/mol. The van der Waals surface area contributed by atoms with E-state index in [1.54, 1.807) is 6.92 Å². The third-order valence-corrected chi connectivity index (χ3v) is 4.20. The number of amides is 2. The highest BCUT2D eigenvalue weighted by atomic mass is 19.1. The second kappa shape index (κ2) is 6.89. The van der Waals surface area contributed by atoms with Crippen LogP contribution in [-0.2, 0) is 5.41 Å². The Morgan fingerprint density at radius 2 is 2.00 bits per heavy atom. The Hall–Kier alpha value is -1.62. The van der Waals surface area contributed by atoms with Crippen LogP contribution >= 0.6 is 0 Å². The molecular weight excluding hydrogens is 271 g/mol. The van der Waals surface area contributed by atoms with Crippen molar-refractivity contribution in [2.24, 2.45) is 0 Å². The number of hydrogen-bond donors (Lipinski definition) is 3. The molecule has 1 aromatic rings. The van der Waals surface area contributed by atoms with Crippen molar-refractivity contribution in [3.05, 3.63) is 35.6 Å². The summed E-state index contributed by atoms with van der Waals surface area (Å²) < 4.78 is 13.0. The lowest BCUT2D eigenvalue weighted by atomic mass is 9.64. The van der Waals surface area contributed by atoms with Gasteiger partial charge in [-0.15, -0.1) is 0 Å². The molecule has 1 aliphatic rings. The van der Waals surface area contributed by atoms with Crippen LogP contribution in [0.15, 0.2) is 24.3 Å². The van der Waals surface area contributed by atoms with E-state index in [2.05, 4.69) is 10.6 Å². The van der Waals surface area contributed by atoms with E-state index in [4.69, 9.17) is 5.11 Å². The zero-order valence-electron chi connectivity index (χ0n) is 12.4. The molecule has 1 atom stereocenters. The van der Waals surface area contributed by atoms with E-state index in [0.29, 0.717) is 19.5 Å². The summed E-state index contributed by atoms with van der Waals surface area (Å²) in [5, 5.41) is 14.8. The number of hydrogen-bond acceptors (Lipinski definition) is 2. The SMILES string of the molecule is CC(O)CCNC(=O)NCC1(c2ccc(F)cc2)CCC1. The van der Waals surface area contributed by atoms with Gasteiger partial charge < -0.3 is 15.7 Å². The minimum absolute atomic E-state index is 0.0602. The molecule has 1 aliphatic carbocycles. The molecule has 1 aromatic carbocycles. The van der Waals surface area contributed by atoms with E-state index in [1.807, 2.05) is 12.1 Å². The number of halogens is 1. The van der Waals surface area contributed by atoms with Gasteiger partial charge in [-0.05, 0) is 43.9 Å². The molecule has 0 saturated heterocycles. The maximum atomic E-state index is 13.0. The van der Waals surface area contributed by atoms with Crippen LogP contribution < -0.4 is 10.6 Å². The number of benzene rings is 1. The molecule has 0 aromatic heterocycles. The van der Waals surface area contributed by atoms with E-state index < -0.39 is 6.10 Å². The molecule has 0 heterocycles. The van der Waals surface area contributed by atoms with Gasteiger partial charge in [-0.3, -0.25) is 0 Å². The first-order valence-corrected chi connectivity index (χ1v) is 7.48. The number of urea groups is 1. The first-order valence-electron chi connectivity index (χ1n) is 7.48. The molecular formula is C16H23FN2O2. The van der Waals surface area contributed by atoms with Crippen LogP contribution in [0.2, 0.25) is 0 Å². The molecule has 2 rings (SSSR count). The molecule has 21 heavy (non-hydrogen) atoms. The van der Waals surface area contributed by atoms with Crippen molar-refractivity contribution in [1.82, 2.24) is 10.6 Å². The zero-order valence-corrected chi connectivity index (χ0v) is 12.4. The summed E-state index contributed by atoms with van der Waals surface area (Å²) in [4.78, 5) is 11.7. The maximum absolute atomic E-state index is 13.0. The van der Waals surface area contributed by atoms with Crippen molar-refractivity contribution >= 4 is 6.03 Å². The monoisotopic (exact) mass is 294 g/mol. The first-order chi connectivity index (χ1) is 10.0. The third kappa shape index (κ3) is 4.17. The lowest BCUT2D eigenvalue weighted by molar-refractivity contribution is 0.182. The number of carbonyl (C=O) groups excluding carboxylic acids is 1. The number of carbonyl (C=O) groups is 1. The Morgan fingerprint density at radius 3 is 2.52 bits per heavy atom. The van der Waals surface area contributed by atoms with Gasteiger partial charge in [0.1, 0.15) is 5.82 Å². The van der Waals surface area contributed by atoms with Gasteiger partial charge in [0.2, 0.25) is 0 Å². The Bertz CT molecular complexity index is 470. The molecule has 0 bridgehead atoms. The number of nitrogens with one attached hydrogen (secondary N) is 2. The van der Waals surface area contributed by atoms with Gasteiger partial charge in [-0.25, -0.2) is 9.18 Å². The average Bonchev–Trinajstić information content (AvgIpc) is 2.39. The Balaban J connectivity index is 1.85. The summed E-state index contributed by atoms with van der Waals surface area (Å²) in [7, 11) is 0. The second-order valence-corrected chi connectivity index (χ2v) is 5.89. The Morgan fingerprint density at radius 1 is 1.33 bits per heavy atom. The molecule has 1 unspecified atom stereocenters. The zero-order chi connectivity index (χ0) is 15.3. The Kier molecular flexibility index (Phi) is 5.17. The predicted molar refractivity (Wildman–Crippen MR) is 79.6 cm³/mol. The van der Waals surface area contributed by atoms with Gasteiger partial charge in [-0.2, -0.15) is 0 Å². The van der Waals surface area contributed by atoms with E-state index >= 15 is 0 Å². The van der Waals surface area contributed by atoms with Gasteiger partial charge in [0.05, 0.1) is 6.10 Å². The van der Waals surface area contributed by atoms with Crippen LogP contribution in [0.4, 0.5) is 9.18 Å². The van der Waals surface area contributed by atoms with Crippen LogP contribution in [0, 0.1) is 5.82 Å². The lowest BCUT2D eigenvalue weighted by Gasteiger charge is -2.42. The summed E-state index contributed by atoms with van der Waals surface area (Å²) in [6, 6.07) is 6.34. The van der Waals surface area contributed by atoms with Crippen molar-refractivity contribution in [1.29, 1.82) is 0 Å². The molecule has 116 valence electrons. The Labute approximate surface area is 124 Å². The van der Waals surface area contributed by atoms with Gasteiger partial charge in [0, 0.05) is 18.5 Å². The smallest absolute Gasteiger partial charge is 0.314 e. The summed E-state index contributed by atoms with van der Waals surface area (Å²) in [5.41, 5.74) is 1.02. The van der Waals surface area contributed by atoms with Gasteiger partial charge in [0.15, 0.2) is 0 Å². The molecule has 1 fully saturated rings. The second-order valence-electron chi connectivity index (χ2n) is 5.89. The van der Waals surface area contributed by atoms with Crippen molar-refractivity contribution in [3.63, 3.8) is 0 Å². The van der Waals surface area contributed by atoms with Crippen LogP contribution in [0.25, 0.3) is 0 Å². The molecule has 5 heteroatoms. The maximum Gasteiger partial charge on any atom is 0.314 e. The minimum Gasteiger partial charge on any atom is -0.393 e. The van der Waals surface area contributed by atoms with Crippen molar-refractivity contribution in [2.45, 2.75) is 44.1 Å². The van der Waals surface area contributed by atoms with Gasteiger partial charge in [0.25, 0.3) is 0 Å². The fourth-order valence-electron chi connectivity index (χ4n) is 2.68. The third-order valence-electron chi connectivity index (χ3n) is 4.20. The van der Waals surface area contributed by atoms with Crippen molar-refractivity contribution in [3.8, 4) is 0 Å². The normalized spacial score (nSPS) is 17.7. The van der Waals surface area contributed by atoms with E-state index in [1.165, 1.54) is 12.1 Å². The van der Waals surface area contributed by atoms with Crippen LogP contribution in [0.5, 0.6) is 0 Å². The molecule has 1 saturated carbocycles. The standard InChI is InChI=1S/C16H23FN2O2/c1-12(20)7-10-18-15(21)19-11-16(8-2-9-16)13-3-5-14(17)6-4-13/h3-6,12,20H,2,7-11H2,1H3,(H2,18,19,21). The summed E-state index contributed by atoms with van der Waals surface area (Å²) in [6.45, 7) is 2.70. The number of rotatable bonds is 6. The van der Waals surface area contributed by atoms with Crippen LogP contribution in [0.1, 0.15) is 38.2 Å². The van der Waals surface area contributed by atoms with E-state index in [0.717, 1.165) is 24.8 Å². The van der Waals surface area contributed by atoms with Gasteiger partial charge in [-0.1, -0.05) is 18.6 Å². The molecule has 0 radical (unpaired) electrons. The summed E-state index contributed by atoms with van der Waals surface area (Å²) >= 11 is 0. The molecule has 2 amide bonds. The molecule has 3 N–H and O–H groups in total. The van der Waals surface area contributed by atoms with Crippen LogP contribution in [0.3, 0.4) is 0 Å². The number of aliphatic hydroxyl groups excluding tert-OH is 1. The predicted octanol–water partition coefficient (Wildman–Crippen LogP) is 2.32. The number of aliphatic hydroxyl groups is 1. The summed E-state index contributed by atoms with van der Waals surface area (Å²) in [5.74, 6) is -0.239. The van der Waals surface area contributed by atoms with Gasteiger partial charge >= 0.3 is 6.03 Å². The van der Waals surface area contributed by atoms with Crippen molar-refractivity contribution < 1.29 is 14.3 Å². The quantitative estimate of drug-likeness (QED) is 0.754. The van der Waals surface area contributed by atoms with Crippen LogP contribution in [-0.4, -0.2) is 30.3 Å². The minimum atomic E-state index is -0.414. The fourth-order valence-corrected chi connectivity index (χ4v) is 2.68. The van der Waals surface area contributed by atoms with E-state index in [-0.39, 0.29) is 17.3 Å². The molecule has 4 nitrogen and oxygen atoms in total. The lowest BCUT2D eigenvalue weighted by Crippen LogP contribution is -2.48. The highest BCUT2D eigenvalue weighted by Crippen LogP contribution is 2.43. The molecule has 0 spiro atoms.